The number of likely N-dealkylation sites (N-methyl/N-ethyl adjacent to an activating group) is 1. The summed E-state index contributed by atoms with van der Waals surface area (Å²) in [5.74, 6) is 0.667. The molecule has 5 heteroatoms. The first kappa shape index (κ1) is 19.2. The van der Waals surface area contributed by atoms with Crippen molar-refractivity contribution in [2.75, 3.05) is 20.1 Å². The summed E-state index contributed by atoms with van der Waals surface area (Å²) >= 11 is 0. The van der Waals surface area contributed by atoms with Crippen molar-refractivity contribution >= 4 is 5.91 Å². The molecule has 0 N–H and O–H groups in total. The first-order valence-electron chi connectivity index (χ1n) is 10.7. The monoisotopic (exact) mass is 380 g/mol. The van der Waals surface area contributed by atoms with E-state index >= 15 is 0 Å². The summed E-state index contributed by atoms with van der Waals surface area (Å²) in [5.41, 5.74) is 2.50. The topological polar surface area (TPSA) is 41.4 Å². The summed E-state index contributed by atoms with van der Waals surface area (Å²) in [6, 6.07) is 11.5. The second kappa shape index (κ2) is 8.48. The number of aromatic nitrogens is 2. The van der Waals surface area contributed by atoms with E-state index in [1.165, 1.54) is 24.8 Å². The first-order chi connectivity index (χ1) is 13.6. The van der Waals surface area contributed by atoms with E-state index in [0.29, 0.717) is 31.0 Å². The average Bonchev–Trinajstić information content (AvgIpc) is 3.28. The van der Waals surface area contributed by atoms with Gasteiger partial charge in [-0.3, -0.25) is 9.48 Å². The second-order valence-corrected chi connectivity index (χ2v) is 8.48. The molecule has 0 bridgehead atoms. The lowest BCUT2D eigenvalue weighted by Crippen LogP contribution is -2.47. The molecule has 2 fully saturated rings. The summed E-state index contributed by atoms with van der Waals surface area (Å²) < 4.78 is 1.89. The fourth-order valence-electron chi connectivity index (χ4n) is 5.11. The van der Waals surface area contributed by atoms with E-state index in [-0.39, 0.29) is 5.91 Å². The Morgan fingerprint density at radius 2 is 2.00 bits per heavy atom. The van der Waals surface area contributed by atoms with Crippen molar-refractivity contribution in [2.24, 2.45) is 0 Å². The van der Waals surface area contributed by atoms with Crippen molar-refractivity contribution in [2.45, 2.75) is 63.6 Å². The highest BCUT2D eigenvalue weighted by molar-refractivity contribution is 5.77. The van der Waals surface area contributed by atoms with Gasteiger partial charge in [-0.05, 0) is 44.5 Å². The number of aryl methyl sites for hydroxylation is 2. The van der Waals surface area contributed by atoms with Gasteiger partial charge in [-0.15, -0.1) is 0 Å². The Balaban J connectivity index is 1.54. The van der Waals surface area contributed by atoms with Crippen LogP contribution >= 0.6 is 0 Å². The van der Waals surface area contributed by atoms with Gasteiger partial charge in [0.25, 0.3) is 0 Å². The van der Waals surface area contributed by atoms with Crippen LogP contribution in [0.4, 0.5) is 0 Å². The van der Waals surface area contributed by atoms with Crippen molar-refractivity contribution in [1.82, 2.24) is 19.6 Å². The van der Waals surface area contributed by atoms with Crippen LogP contribution in [-0.4, -0.2) is 57.7 Å². The molecule has 5 nitrogen and oxygen atoms in total. The van der Waals surface area contributed by atoms with Gasteiger partial charge in [0.2, 0.25) is 5.91 Å². The number of benzene rings is 1. The highest BCUT2D eigenvalue weighted by Gasteiger charge is 2.45. The molecule has 0 unspecified atom stereocenters. The third-order valence-electron chi connectivity index (χ3n) is 6.49. The Morgan fingerprint density at radius 1 is 1.18 bits per heavy atom. The lowest BCUT2D eigenvalue weighted by atomic mass is 9.87. The number of carbonyl (C=O) groups is 1. The molecule has 1 aromatic heterocycles. The van der Waals surface area contributed by atoms with Crippen molar-refractivity contribution in [1.29, 1.82) is 0 Å². The number of nitrogens with zero attached hydrogens (tertiary/aromatic N) is 4. The summed E-state index contributed by atoms with van der Waals surface area (Å²) in [7, 11) is 2.25. The van der Waals surface area contributed by atoms with E-state index in [4.69, 9.17) is 0 Å². The largest absolute Gasteiger partial charge is 0.337 e. The number of likely N-dealkylation sites (tertiary alicyclic amines) is 2. The SMILES string of the molecule is Cc1cnn(CCC(=O)N2C[C@@H](c3ccccc3)[C@H]3[C@H]2CCCCCN3C)c1. The molecular weight excluding hydrogens is 348 g/mol. The molecule has 1 aromatic carbocycles. The molecule has 150 valence electrons. The summed E-state index contributed by atoms with van der Waals surface area (Å²) in [5, 5.41) is 4.34. The van der Waals surface area contributed by atoms with Crippen LogP contribution in [0.2, 0.25) is 0 Å². The normalized spacial score (nSPS) is 25.9. The zero-order chi connectivity index (χ0) is 19.5. The predicted octanol–water partition coefficient (Wildman–Crippen LogP) is 3.45. The van der Waals surface area contributed by atoms with E-state index < -0.39 is 0 Å². The molecule has 1 amide bonds. The van der Waals surface area contributed by atoms with Gasteiger partial charge in [-0.25, -0.2) is 0 Å². The fraction of sp³-hybridized carbons (Fsp3) is 0.565. The van der Waals surface area contributed by atoms with Crippen LogP contribution in [0.15, 0.2) is 42.7 Å². The third kappa shape index (κ3) is 4.00. The van der Waals surface area contributed by atoms with Crippen molar-refractivity contribution in [3.8, 4) is 0 Å². The van der Waals surface area contributed by atoms with E-state index in [1.54, 1.807) is 0 Å². The molecule has 0 spiro atoms. The van der Waals surface area contributed by atoms with Gasteiger partial charge >= 0.3 is 0 Å². The standard InChI is InChI=1S/C23H32N4O/c1-18-15-24-26(16-18)14-12-22(28)27-17-20(19-9-5-3-6-10-19)23-21(27)11-7-4-8-13-25(23)2/h3,5-6,9-10,15-16,20-21,23H,4,7-8,11-14,17H2,1-2H3/t20-,21+,23-/m0/s1. The van der Waals surface area contributed by atoms with E-state index in [9.17, 15) is 4.79 Å². The molecule has 2 saturated heterocycles. The number of carbonyl (C=O) groups excluding carboxylic acids is 1. The summed E-state index contributed by atoms with van der Waals surface area (Å²) in [6.07, 6.45) is 9.24. The van der Waals surface area contributed by atoms with Crippen LogP contribution in [-0.2, 0) is 11.3 Å². The van der Waals surface area contributed by atoms with Crippen LogP contribution in [0.1, 0.15) is 49.1 Å². The smallest absolute Gasteiger partial charge is 0.224 e. The maximum absolute atomic E-state index is 13.2. The average molecular weight is 381 g/mol. The number of rotatable bonds is 4. The van der Waals surface area contributed by atoms with Crippen LogP contribution in [0, 0.1) is 6.92 Å². The Hall–Kier alpha value is -2.14. The lowest BCUT2D eigenvalue weighted by molar-refractivity contribution is -0.133. The second-order valence-electron chi connectivity index (χ2n) is 8.48. The highest BCUT2D eigenvalue weighted by Crippen LogP contribution is 2.38. The van der Waals surface area contributed by atoms with Crippen molar-refractivity contribution < 1.29 is 4.79 Å². The number of hydrogen-bond donors (Lipinski definition) is 0. The van der Waals surface area contributed by atoms with Gasteiger partial charge in [0.1, 0.15) is 0 Å². The van der Waals surface area contributed by atoms with Crippen LogP contribution < -0.4 is 0 Å². The molecule has 4 rings (SSSR count). The van der Waals surface area contributed by atoms with E-state index in [1.807, 2.05) is 24.0 Å². The third-order valence-corrected chi connectivity index (χ3v) is 6.49. The molecule has 3 heterocycles. The molecule has 28 heavy (non-hydrogen) atoms. The molecule has 2 aliphatic rings. The predicted molar refractivity (Wildman–Crippen MR) is 111 cm³/mol. The summed E-state index contributed by atoms with van der Waals surface area (Å²) in [4.78, 5) is 17.9. The zero-order valence-electron chi connectivity index (χ0n) is 17.1. The first-order valence-corrected chi connectivity index (χ1v) is 10.7. The Labute approximate surface area is 168 Å². The van der Waals surface area contributed by atoms with E-state index in [0.717, 1.165) is 25.1 Å². The minimum atomic E-state index is 0.274. The van der Waals surface area contributed by atoms with Gasteiger partial charge < -0.3 is 9.80 Å². The van der Waals surface area contributed by atoms with Crippen molar-refractivity contribution in [3.63, 3.8) is 0 Å². The van der Waals surface area contributed by atoms with Crippen LogP contribution in [0.25, 0.3) is 0 Å². The van der Waals surface area contributed by atoms with Crippen LogP contribution in [0.5, 0.6) is 0 Å². The molecule has 3 atom stereocenters. The molecular formula is C23H32N4O. The van der Waals surface area contributed by atoms with Gasteiger partial charge in [-0.2, -0.15) is 5.10 Å². The quantitative estimate of drug-likeness (QED) is 0.816. The molecule has 0 aliphatic carbocycles. The minimum Gasteiger partial charge on any atom is -0.337 e. The lowest BCUT2D eigenvalue weighted by Gasteiger charge is -2.37. The van der Waals surface area contributed by atoms with Crippen LogP contribution in [0.3, 0.4) is 0 Å². The van der Waals surface area contributed by atoms with Gasteiger partial charge in [0, 0.05) is 43.7 Å². The van der Waals surface area contributed by atoms with Gasteiger partial charge in [-0.1, -0.05) is 43.2 Å². The van der Waals surface area contributed by atoms with Crippen molar-refractivity contribution in [3.05, 3.63) is 53.9 Å². The zero-order valence-corrected chi connectivity index (χ0v) is 17.1. The number of fused-ring (bicyclic) bond motifs is 1. The van der Waals surface area contributed by atoms with Gasteiger partial charge in [0.05, 0.1) is 6.20 Å². The molecule has 2 aliphatic heterocycles. The maximum Gasteiger partial charge on any atom is 0.224 e. The number of hydrogen-bond acceptors (Lipinski definition) is 3. The Morgan fingerprint density at radius 3 is 2.75 bits per heavy atom. The highest BCUT2D eigenvalue weighted by atomic mass is 16.2. The fourth-order valence-corrected chi connectivity index (χ4v) is 5.11. The Kier molecular flexibility index (Phi) is 5.81. The molecule has 0 radical (unpaired) electrons. The molecule has 0 saturated carbocycles. The van der Waals surface area contributed by atoms with Gasteiger partial charge in [0.15, 0.2) is 0 Å². The number of amides is 1. The summed E-state index contributed by atoms with van der Waals surface area (Å²) in [6.45, 7) is 4.65. The molecule has 2 aromatic rings. The Bertz CT molecular complexity index is 787. The maximum atomic E-state index is 13.2. The minimum absolute atomic E-state index is 0.274. The van der Waals surface area contributed by atoms with E-state index in [2.05, 4.69) is 52.3 Å².